The van der Waals surface area contributed by atoms with Gasteiger partial charge in [-0.15, -0.1) is 0 Å². The molecule has 96 valence electrons. The van der Waals surface area contributed by atoms with Crippen LogP contribution in [0.15, 0.2) is 60.0 Å². The van der Waals surface area contributed by atoms with Crippen LogP contribution in [0.3, 0.4) is 0 Å². The Morgan fingerprint density at radius 1 is 1.12 bits per heavy atom. The summed E-state index contributed by atoms with van der Waals surface area (Å²) in [5, 5.41) is 3.16. The van der Waals surface area contributed by atoms with E-state index in [1.165, 1.54) is 5.57 Å². The summed E-state index contributed by atoms with van der Waals surface area (Å²) >= 11 is 0. The summed E-state index contributed by atoms with van der Waals surface area (Å²) in [5.74, 6) is 0. The summed E-state index contributed by atoms with van der Waals surface area (Å²) in [6, 6.07) is 0. The Kier molecular flexibility index (Phi) is 11.6. The van der Waals surface area contributed by atoms with Gasteiger partial charge in [-0.05, 0) is 45.0 Å². The van der Waals surface area contributed by atoms with E-state index >= 15 is 0 Å². The molecule has 0 aliphatic carbocycles. The largest absolute Gasteiger partial charge is 0.362 e. The molecule has 1 nitrogen and oxygen atoms in total. The van der Waals surface area contributed by atoms with Gasteiger partial charge in [0, 0.05) is 11.3 Å². The summed E-state index contributed by atoms with van der Waals surface area (Å²) in [6.07, 6.45) is 7.83. The first-order valence-electron chi connectivity index (χ1n) is 6.12. The third-order valence-electron chi connectivity index (χ3n) is 2.14. The van der Waals surface area contributed by atoms with Gasteiger partial charge in [-0.3, -0.25) is 0 Å². The average molecular weight is 233 g/mol. The van der Waals surface area contributed by atoms with Crippen molar-refractivity contribution in [2.45, 2.75) is 41.5 Å². The molecular formula is C16H27N. The summed E-state index contributed by atoms with van der Waals surface area (Å²) in [7, 11) is 0. The minimum atomic E-state index is 1.04. The first-order valence-corrected chi connectivity index (χ1v) is 6.12. The molecule has 0 unspecified atom stereocenters. The van der Waals surface area contributed by atoms with E-state index in [1.54, 1.807) is 6.20 Å². The molecule has 0 aromatic heterocycles. The van der Waals surface area contributed by atoms with E-state index in [0.29, 0.717) is 0 Å². The molecule has 0 spiro atoms. The molecular weight excluding hydrogens is 206 g/mol. The second-order valence-electron chi connectivity index (χ2n) is 3.39. The minimum absolute atomic E-state index is 1.04. The van der Waals surface area contributed by atoms with Gasteiger partial charge in [-0.1, -0.05) is 45.2 Å². The van der Waals surface area contributed by atoms with Crippen molar-refractivity contribution in [1.29, 1.82) is 0 Å². The van der Waals surface area contributed by atoms with E-state index in [1.807, 2.05) is 40.7 Å². The Balaban J connectivity index is 0. The van der Waals surface area contributed by atoms with Crippen molar-refractivity contribution in [3.8, 4) is 0 Å². The smallest absolute Gasteiger partial charge is 0.0481 e. The third kappa shape index (κ3) is 6.62. The highest BCUT2D eigenvalue weighted by Gasteiger charge is 2.04. The molecule has 0 aliphatic rings. The van der Waals surface area contributed by atoms with Gasteiger partial charge in [0.05, 0.1) is 0 Å². The van der Waals surface area contributed by atoms with E-state index < -0.39 is 0 Å². The lowest BCUT2D eigenvalue weighted by Gasteiger charge is -2.13. The highest BCUT2D eigenvalue weighted by atomic mass is 14.9. The number of nitrogens with one attached hydrogen (secondary N) is 1. The van der Waals surface area contributed by atoms with Gasteiger partial charge in [0.1, 0.15) is 0 Å². The lowest BCUT2D eigenvalue weighted by Crippen LogP contribution is -2.09. The van der Waals surface area contributed by atoms with Gasteiger partial charge in [-0.25, -0.2) is 0 Å². The molecule has 0 aromatic carbocycles. The van der Waals surface area contributed by atoms with Gasteiger partial charge in [-0.2, -0.15) is 0 Å². The topological polar surface area (TPSA) is 12.0 Å². The van der Waals surface area contributed by atoms with Crippen LogP contribution in [-0.2, 0) is 0 Å². The fraction of sp³-hybridized carbons (Fsp3) is 0.375. The number of hydrogen-bond acceptors (Lipinski definition) is 1. The van der Waals surface area contributed by atoms with Crippen LogP contribution in [-0.4, -0.2) is 0 Å². The normalized spacial score (nSPS) is 12.5. The number of allylic oxidation sites excluding steroid dienone is 6. The summed E-state index contributed by atoms with van der Waals surface area (Å²) in [6.45, 7) is 19.8. The van der Waals surface area contributed by atoms with Crippen LogP contribution in [0.25, 0.3) is 0 Å². The maximum atomic E-state index is 3.98. The van der Waals surface area contributed by atoms with Crippen molar-refractivity contribution in [3.63, 3.8) is 0 Å². The van der Waals surface area contributed by atoms with Gasteiger partial charge >= 0.3 is 0 Å². The van der Waals surface area contributed by atoms with Gasteiger partial charge in [0.2, 0.25) is 0 Å². The first-order chi connectivity index (χ1) is 8.08. The SMILES string of the molecule is C=CNC(/C(C)=C\C)=C(\C=C/C)C(=C)C.CC. The molecule has 1 N–H and O–H groups in total. The van der Waals surface area contributed by atoms with Crippen molar-refractivity contribution in [2.24, 2.45) is 0 Å². The highest BCUT2D eigenvalue weighted by molar-refractivity contribution is 5.47. The van der Waals surface area contributed by atoms with Gasteiger partial charge in [0.15, 0.2) is 0 Å². The second-order valence-corrected chi connectivity index (χ2v) is 3.39. The number of rotatable bonds is 5. The van der Waals surface area contributed by atoms with E-state index in [-0.39, 0.29) is 0 Å². The Bertz CT molecular complexity index is 327. The van der Waals surface area contributed by atoms with Crippen LogP contribution in [0.4, 0.5) is 0 Å². The van der Waals surface area contributed by atoms with Crippen molar-refractivity contribution < 1.29 is 0 Å². The van der Waals surface area contributed by atoms with Gasteiger partial charge < -0.3 is 5.32 Å². The molecule has 0 saturated carbocycles. The molecule has 17 heavy (non-hydrogen) atoms. The predicted molar refractivity (Wildman–Crippen MR) is 80.8 cm³/mol. The molecule has 0 aliphatic heterocycles. The zero-order chi connectivity index (χ0) is 13.8. The van der Waals surface area contributed by atoms with Crippen molar-refractivity contribution in [3.05, 3.63) is 60.0 Å². The minimum Gasteiger partial charge on any atom is -0.362 e. The molecule has 0 bridgehead atoms. The molecule has 0 rings (SSSR count). The van der Waals surface area contributed by atoms with Crippen LogP contribution in [0.5, 0.6) is 0 Å². The van der Waals surface area contributed by atoms with Crippen molar-refractivity contribution in [2.75, 3.05) is 0 Å². The fourth-order valence-corrected chi connectivity index (χ4v) is 1.26. The Labute approximate surface area is 107 Å². The van der Waals surface area contributed by atoms with E-state index in [2.05, 4.69) is 37.6 Å². The Hall–Kier alpha value is -1.50. The Morgan fingerprint density at radius 2 is 1.65 bits per heavy atom. The molecule has 0 amide bonds. The lowest BCUT2D eigenvalue weighted by atomic mass is 10.0. The monoisotopic (exact) mass is 233 g/mol. The molecule has 1 heteroatoms. The van der Waals surface area contributed by atoms with Crippen LogP contribution >= 0.6 is 0 Å². The average Bonchev–Trinajstić information content (AvgIpc) is 2.35. The first kappa shape index (κ1) is 17.9. The molecule has 0 heterocycles. The summed E-state index contributed by atoms with van der Waals surface area (Å²) in [4.78, 5) is 0. The summed E-state index contributed by atoms with van der Waals surface area (Å²) < 4.78 is 0. The van der Waals surface area contributed by atoms with E-state index in [0.717, 1.165) is 16.8 Å². The number of hydrogen-bond donors (Lipinski definition) is 1. The van der Waals surface area contributed by atoms with Crippen molar-refractivity contribution in [1.82, 2.24) is 5.32 Å². The van der Waals surface area contributed by atoms with Gasteiger partial charge in [0.25, 0.3) is 0 Å². The van der Waals surface area contributed by atoms with E-state index in [4.69, 9.17) is 0 Å². The fourth-order valence-electron chi connectivity index (χ4n) is 1.26. The molecule has 0 radical (unpaired) electrons. The maximum Gasteiger partial charge on any atom is 0.0481 e. The van der Waals surface area contributed by atoms with Crippen LogP contribution in [0.2, 0.25) is 0 Å². The van der Waals surface area contributed by atoms with Crippen LogP contribution in [0, 0.1) is 0 Å². The molecule has 0 aromatic rings. The quantitative estimate of drug-likeness (QED) is 0.650. The molecule has 0 atom stereocenters. The zero-order valence-corrected chi connectivity index (χ0v) is 12.2. The maximum absolute atomic E-state index is 3.98. The standard InChI is InChI=1S/C14H21N.C2H6/c1-7-10-13(11(4)5)14(15-9-3)12(6)8-2;1-2/h7-10,15H,3-4H2,1-2,5-6H3;1-2H3/b10-7-,12-8-,14-13+;. The summed E-state index contributed by atoms with van der Waals surface area (Å²) in [5.41, 5.74) is 4.41. The van der Waals surface area contributed by atoms with Crippen LogP contribution < -0.4 is 5.32 Å². The molecule has 0 saturated heterocycles. The van der Waals surface area contributed by atoms with Crippen molar-refractivity contribution >= 4 is 0 Å². The van der Waals surface area contributed by atoms with Crippen LogP contribution in [0.1, 0.15) is 41.5 Å². The van der Waals surface area contributed by atoms with E-state index in [9.17, 15) is 0 Å². The Morgan fingerprint density at radius 3 is 1.94 bits per heavy atom. The highest BCUT2D eigenvalue weighted by Crippen LogP contribution is 2.19. The lowest BCUT2D eigenvalue weighted by molar-refractivity contribution is 1.04. The predicted octanol–water partition coefficient (Wildman–Crippen LogP) is 5.12. The zero-order valence-electron chi connectivity index (χ0n) is 12.2. The second kappa shape index (κ2) is 11.0. The molecule has 0 fully saturated rings. The third-order valence-corrected chi connectivity index (χ3v) is 2.14.